The van der Waals surface area contributed by atoms with E-state index < -0.39 is 14.6 Å². The zero-order valence-electron chi connectivity index (χ0n) is 11.5. The van der Waals surface area contributed by atoms with E-state index in [0.29, 0.717) is 5.92 Å². The van der Waals surface area contributed by atoms with Gasteiger partial charge in [-0.1, -0.05) is 20.8 Å². The molecule has 1 unspecified atom stereocenters. The molecule has 0 saturated heterocycles. The Kier molecular flexibility index (Phi) is 5.98. The molecular weight excluding hydrogens is 222 g/mol. The van der Waals surface area contributed by atoms with Crippen LogP contribution in [0.4, 0.5) is 0 Å². The highest BCUT2D eigenvalue weighted by atomic mass is 32.2. The molecule has 16 heavy (non-hydrogen) atoms. The maximum atomic E-state index is 12.1. The summed E-state index contributed by atoms with van der Waals surface area (Å²) in [4.78, 5) is 0. The fourth-order valence-corrected chi connectivity index (χ4v) is 2.78. The van der Waals surface area contributed by atoms with Crippen molar-refractivity contribution in [2.24, 2.45) is 5.92 Å². The quantitative estimate of drug-likeness (QED) is 0.785. The van der Waals surface area contributed by atoms with Gasteiger partial charge < -0.3 is 5.32 Å². The Hall–Kier alpha value is -0.0900. The molecule has 1 atom stereocenters. The van der Waals surface area contributed by atoms with Crippen LogP contribution in [-0.2, 0) is 9.84 Å². The van der Waals surface area contributed by atoms with Crippen molar-refractivity contribution >= 4 is 9.84 Å². The van der Waals surface area contributed by atoms with Crippen molar-refractivity contribution in [3.05, 3.63) is 0 Å². The van der Waals surface area contributed by atoms with Gasteiger partial charge in [-0.25, -0.2) is 8.42 Å². The first-order valence-electron chi connectivity index (χ1n) is 6.07. The molecule has 98 valence electrons. The van der Waals surface area contributed by atoms with Gasteiger partial charge in [-0.05, 0) is 39.7 Å². The van der Waals surface area contributed by atoms with Crippen molar-refractivity contribution in [3.8, 4) is 0 Å². The van der Waals surface area contributed by atoms with Crippen molar-refractivity contribution < 1.29 is 8.42 Å². The lowest BCUT2D eigenvalue weighted by Crippen LogP contribution is -2.44. The highest BCUT2D eigenvalue weighted by Crippen LogP contribution is 2.18. The summed E-state index contributed by atoms with van der Waals surface area (Å²) in [5.74, 6) is 0.567. The molecule has 0 radical (unpaired) electrons. The monoisotopic (exact) mass is 249 g/mol. The van der Waals surface area contributed by atoms with Gasteiger partial charge in [0.15, 0.2) is 9.84 Å². The normalized spacial score (nSPS) is 15.4. The molecule has 4 heteroatoms. The topological polar surface area (TPSA) is 46.2 Å². The Labute approximate surface area is 101 Å². The van der Waals surface area contributed by atoms with Crippen LogP contribution >= 0.6 is 0 Å². The van der Waals surface area contributed by atoms with Crippen LogP contribution in [0.5, 0.6) is 0 Å². The Balaban J connectivity index is 4.64. The second kappa shape index (κ2) is 6.01. The fourth-order valence-electron chi connectivity index (χ4n) is 1.30. The van der Waals surface area contributed by atoms with E-state index in [9.17, 15) is 8.42 Å². The Morgan fingerprint density at radius 1 is 1.19 bits per heavy atom. The molecule has 0 rings (SSSR count). The van der Waals surface area contributed by atoms with Gasteiger partial charge in [0.1, 0.15) is 0 Å². The van der Waals surface area contributed by atoms with E-state index in [1.165, 1.54) is 0 Å². The number of nitrogens with one attached hydrogen (secondary N) is 1. The molecule has 0 amide bonds. The summed E-state index contributed by atoms with van der Waals surface area (Å²) in [6, 6.07) is 0.0594. The summed E-state index contributed by atoms with van der Waals surface area (Å²) >= 11 is 0. The van der Waals surface area contributed by atoms with Crippen LogP contribution in [0.1, 0.15) is 48.0 Å². The SMILES string of the molecule is CCCNC(CS(=O)(=O)C(C)(C)C)C(C)C. The average Bonchev–Trinajstić information content (AvgIpc) is 2.09. The Bertz CT molecular complexity index is 289. The molecule has 0 aliphatic heterocycles. The van der Waals surface area contributed by atoms with Crippen LogP contribution in [0.25, 0.3) is 0 Å². The molecule has 0 aromatic heterocycles. The van der Waals surface area contributed by atoms with Crippen molar-refractivity contribution in [2.45, 2.75) is 58.8 Å². The van der Waals surface area contributed by atoms with Crippen molar-refractivity contribution in [1.29, 1.82) is 0 Å². The van der Waals surface area contributed by atoms with Gasteiger partial charge in [-0.15, -0.1) is 0 Å². The molecule has 0 aliphatic rings. The molecule has 0 aromatic carbocycles. The molecule has 1 N–H and O–H groups in total. The Morgan fingerprint density at radius 3 is 2.00 bits per heavy atom. The maximum Gasteiger partial charge on any atom is 0.156 e. The van der Waals surface area contributed by atoms with E-state index in [0.717, 1.165) is 13.0 Å². The fraction of sp³-hybridized carbons (Fsp3) is 1.00. The standard InChI is InChI=1S/C12H27NO2S/c1-7-8-13-11(10(2)3)9-16(14,15)12(4,5)6/h10-11,13H,7-9H2,1-6H3. The van der Waals surface area contributed by atoms with Gasteiger partial charge in [0.05, 0.1) is 10.5 Å². The van der Waals surface area contributed by atoms with Gasteiger partial charge in [0.25, 0.3) is 0 Å². The first-order chi connectivity index (χ1) is 7.12. The van der Waals surface area contributed by atoms with E-state index in [-0.39, 0.29) is 11.8 Å². The minimum Gasteiger partial charge on any atom is -0.313 e. The highest BCUT2D eigenvalue weighted by Gasteiger charge is 2.32. The Morgan fingerprint density at radius 2 is 1.69 bits per heavy atom. The van der Waals surface area contributed by atoms with Crippen molar-refractivity contribution in [3.63, 3.8) is 0 Å². The van der Waals surface area contributed by atoms with E-state index in [1.54, 1.807) is 20.8 Å². The molecule has 0 aromatic rings. The van der Waals surface area contributed by atoms with Gasteiger partial charge in [0.2, 0.25) is 0 Å². The molecule has 0 fully saturated rings. The van der Waals surface area contributed by atoms with Crippen LogP contribution in [0, 0.1) is 5.92 Å². The summed E-state index contributed by atoms with van der Waals surface area (Å²) in [6.07, 6.45) is 1.03. The molecule has 0 bridgehead atoms. The zero-order chi connectivity index (χ0) is 13.0. The van der Waals surface area contributed by atoms with Crippen LogP contribution in [0.15, 0.2) is 0 Å². The van der Waals surface area contributed by atoms with Gasteiger partial charge in [-0.2, -0.15) is 0 Å². The second-order valence-corrected chi connectivity index (χ2v) is 8.49. The molecule has 0 spiro atoms. The lowest BCUT2D eigenvalue weighted by Gasteiger charge is -2.27. The predicted octanol–water partition coefficient (Wildman–Crippen LogP) is 2.22. The number of rotatable bonds is 6. The zero-order valence-corrected chi connectivity index (χ0v) is 12.3. The molecule has 3 nitrogen and oxygen atoms in total. The highest BCUT2D eigenvalue weighted by molar-refractivity contribution is 7.92. The van der Waals surface area contributed by atoms with Crippen LogP contribution in [0.2, 0.25) is 0 Å². The summed E-state index contributed by atoms with van der Waals surface area (Å²) in [5.41, 5.74) is 0. The lowest BCUT2D eigenvalue weighted by molar-refractivity contribution is 0.422. The molecule has 0 aliphatic carbocycles. The lowest BCUT2D eigenvalue weighted by atomic mass is 10.1. The number of hydrogen-bond donors (Lipinski definition) is 1. The third-order valence-electron chi connectivity index (χ3n) is 2.79. The molecular formula is C12H27NO2S. The maximum absolute atomic E-state index is 12.1. The largest absolute Gasteiger partial charge is 0.313 e. The van der Waals surface area contributed by atoms with Gasteiger partial charge in [-0.3, -0.25) is 0 Å². The number of hydrogen-bond acceptors (Lipinski definition) is 3. The third kappa shape index (κ3) is 4.83. The van der Waals surface area contributed by atoms with Gasteiger partial charge >= 0.3 is 0 Å². The predicted molar refractivity (Wildman–Crippen MR) is 70.5 cm³/mol. The third-order valence-corrected chi connectivity index (χ3v) is 5.46. The van der Waals surface area contributed by atoms with E-state index >= 15 is 0 Å². The number of sulfone groups is 1. The van der Waals surface area contributed by atoms with E-state index in [2.05, 4.69) is 26.1 Å². The molecule has 0 saturated carbocycles. The van der Waals surface area contributed by atoms with Crippen LogP contribution < -0.4 is 5.32 Å². The summed E-state index contributed by atoms with van der Waals surface area (Å²) in [6.45, 7) is 12.4. The van der Waals surface area contributed by atoms with E-state index in [4.69, 9.17) is 0 Å². The average molecular weight is 249 g/mol. The minimum atomic E-state index is -3.03. The molecule has 0 heterocycles. The van der Waals surface area contributed by atoms with Crippen LogP contribution in [0.3, 0.4) is 0 Å². The second-order valence-electron chi connectivity index (χ2n) is 5.70. The first kappa shape index (κ1) is 15.9. The summed E-state index contributed by atoms with van der Waals surface area (Å²) < 4.78 is 23.5. The van der Waals surface area contributed by atoms with Crippen LogP contribution in [-0.4, -0.2) is 31.5 Å². The van der Waals surface area contributed by atoms with Gasteiger partial charge in [0, 0.05) is 6.04 Å². The van der Waals surface area contributed by atoms with E-state index in [1.807, 2.05) is 0 Å². The minimum absolute atomic E-state index is 0.0594. The first-order valence-corrected chi connectivity index (χ1v) is 7.72. The van der Waals surface area contributed by atoms with Crippen molar-refractivity contribution in [2.75, 3.05) is 12.3 Å². The smallest absolute Gasteiger partial charge is 0.156 e. The summed E-state index contributed by atoms with van der Waals surface area (Å²) in [7, 11) is -3.03. The van der Waals surface area contributed by atoms with Crippen molar-refractivity contribution in [1.82, 2.24) is 5.32 Å². The summed E-state index contributed by atoms with van der Waals surface area (Å²) in [5, 5.41) is 3.32.